The number of fused-ring (bicyclic) bond motifs is 6. The molecule has 0 aliphatic heterocycles. The third-order valence-electron chi connectivity index (χ3n) is 11.0. The van der Waals surface area contributed by atoms with Crippen LogP contribution >= 0.6 is 0 Å². The Kier molecular flexibility index (Phi) is 7.49. The zero-order chi connectivity index (χ0) is 37.0. The van der Waals surface area contributed by atoms with Gasteiger partial charge in [0.25, 0.3) is 0 Å². The molecule has 3 aromatic heterocycles. The van der Waals surface area contributed by atoms with Gasteiger partial charge in [0, 0.05) is 56.2 Å². The van der Waals surface area contributed by atoms with Crippen molar-refractivity contribution in [3.8, 4) is 66.8 Å². The van der Waals surface area contributed by atoms with Gasteiger partial charge in [0.1, 0.15) is 22.3 Å². The molecule has 0 N–H and O–H groups in total. The lowest BCUT2D eigenvalue weighted by molar-refractivity contribution is 0.669. The predicted octanol–water partition coefficient (Wildman–Crippen LogP) is 14.9. The fourth-order valence-electron chi connectivity index (χ4n) is 8.10. The van der Waals surface area contributed by atoms with E-state index >= 15 is 0 Å². The monoisotopic (exact) mass is 715 g/mol. The van der Waals surface area contributed by atoms with Crippen LogP contribution in [0.5, 0.6) is 0 Å². The molecule has 56 heavy (non-hydrogen) atoms. The predicted molar refractivity (Wildman–Crippen MR) is 231 cm³/mol. The fourth-order valence-corrected chi connectivity index (χ4v) is 8.10. The van der Waals surface area contributed by atoms with E-state index in [-0.39, 0.29) is 0 Å². The van der Waals surface area contributed by atoms with Crippen LogP contribution < -0.4 is 0 Å². The van der Waals surface area contributed by atoms with Crippen LogP contribution in [-0.4, -0.2) is 4.98 Å². The quantitative estimate of drug-likeness (QED) is 0.172. The van der Waals surface area contributed by atoms with Gasteiger partial charge >= 0.3 is 0 Å². The standard InChI is InChI=1S/C53H33NO2/c1-3-13-50-46(7-1)48-11-5-9-44(52(48)55-50)40-27-23-36(24-28-40)34-15-19-38(20-16-34)42-31-43(33-54-32-42)39-21-17-35(18-22-39)37-25-29-41(30-26-37)45-10-6-12-49-47-8-2-4-14-51(47)56-53(45)49/h1-33H. The Balaban J connectivity index is 0.807. The molecule has 0 spiro atoms. The van der Waals surface area contributed by atoms with Gasteiger partial charge in [-0.2, -0.15) is 0 Å². The highest BCUT2D eigenvalue weighted by atomic mass is 16.3. The van der Waals surface area contributed by atoms with Gasteiger partial charge in [0.05, 0.1) is 0 Å². The van der Waals surface area contributed by atoms with Crippen molar-refractivity contribution in [2.75, 3.05) is 0 Å². The molecule has 0 radical (unpaired) electrons. The first-order valence-electron chi connectivity index (χ1n) is 18.9. The summed E-state index contributed by atoms with van der Waals surface area (Å²) in [6.07, 6.45) is 3.88. The Hall–Kier alpha value is -7.49. The van der Waals surface area contributed by atoms with Gasteiger partial charge < -0.3 is 8.83 Å². The molecule has 3 nitrogen and oxygen atoms in total. The Morgan fingerprint density at radius 1 is 0.268 bits per heavy atom. The van der Waals surface area contributed by atoms with Gasteiger partial charge in [0.15, 0.2) is 0 Å². The van der Waals surface area contributed by atoms with Crippen LogP contribution in [0.2, 0.25) is 0 Å². The number of para-hydroxylation sites is 4. The minimum Gasteiger partial charge on any atom is -0.455 e. The van der Waals surface area contributed by atoms with E-state index in [9.17, 15) is 0 Å². The van der Waals surface area contributed by atoms with E-state index in [1.807, 2.05) is 36.7 Å². The van der Waals surface area contributed by atoms with Gasteiger partial charge in [-0.15, -0.1) is 0 Å². The Bertz CT molecular complexity index is 2990. The minimum atomic E-state index is 0.915. The molecule has 0 unspecified atom stereocenters. The molecule has 11 aromatic rings. The Morgan fingerprint density at radius 2 is 0.589 bits per heavy atom. The molecule has 0 bridgehead atoms. The van der Waals surface area contributed by atoms with Crippen LogP contribution in [0.15, 0.2) is 209 Å². The first kappa shape index (κ1) is 32.0. The number of hydrogen-bond acceptors (Lipinski definition) is 3. The molecule has 0 amide bonds. The van der Waals surface area contributed by atoms with Crippen molar-refractivity contribution in [3.05, 3.63) is 200 Å². The zero-order valence-electron chi connectivity index (χ0n) is 30.3. The number of furan rings is 2. The number of aromatic nitrogens is 1. The molecule has 0 saturated heterocycles. The SMILES string of the molecule is c1ccc2c(c1)oc1c(-c3ccc(-c4ccc(-c5cncc(-c6ccc(-c7ccc(-c8cccc9c8oc8ccccc89)cc7)cc6)c5)cc4)cc3)cccc12. The van der Waals surface area contributed by atoms with Crippen LogP contribution in [0.4, 0.5) is 0 Å². The second kappa shape index (κ2) is 13.1. The first-order valence-corrected chi connectivity index (χ1v) is 18.9. The van der Waals surface area contributed by atoms with Crippen molar-refractivity contribution < 1.29 is 8.83 Å². The number of benzene rings is 8. The van der Waals surface area contributed by atoms with E-state index < -0.39 is 0 Å². The molecule has 0 aliphatic rings. The van der Waals surface area contributed by atoms with E-state index in [1.54, 1.807) is 0 Å². The summed E-state index contributed by atoms with van der Waals surface area (Å²) in [5, 5.41) is 4.58. The number of rotatable bonds is 6. The van der Waals surface area contributed by atoms with E-state index in [0.717, 1.165) is 88.4 Å². The summed E-state index contributed by atoms with van der Waals surface area (Å²) in [6.45, 7) is 0. The number of hydrogen-bond donors (Lipinski definition) is 0. The van der Waals surface area contributed by atoms with Gasteiger partial charge in [-0.1, -0.05) is 170 Å². The summed E-state index contributed by atoms with van der Waals surface area (Å²) in [6, 6.07) is 66.4. The third kappa shape index (κ3) is 5.49. The second-order valence-corrected chi connectivity index (χ2v) is 14.3. The molecule has 3 heterocycles. The van der Waals surface area contributed by atoms with Crippen LogP contribution in [0, 0.1) is 0 Å². The largest absolute Gasteiger partial charge is 0.455 e. The van der Waals surface area contributed by atoms with E-state index in [4.69, 9.17) is 8.83 Å². The molecular weight excluding hydrogens is 683 g/mol. The maximum Gasteiger partial charge on any atom is 0.143 e. The average molecular weight is 716 g/mol. The van der Waals surface area contributed by atoms with Crippen LogP contribution in [0.3, 0.4) is 0 Å². The van der Waals surface area contributed by atoms with E-state index in [0.29, 0.717) is 0 Å². The summed E-state index contributed by atoms with van der Waals surface area (Å²) in [5.41, 5.74) is 17.3. The molecule has 0 atom stereocenters. The maximum atomic E-state index is 6.29. The average Bonchev–Trinajstić information content (AvgIpc) is 3.86. The summed E-state index contributed by atoms with van der Waals surface area (Å²) in [7, 11) is 0. The Labute approximate surface area is 323 Å². The Morgan fingerprint density at radius 3 is 0.982 bits per heavy atom. The number of nitrogens with zero attached hydrogens (tertiary/aromatic N) is 1. The molecule has 3 heteroatoms. The molecule has 0 aliphatic carbocycles. The topological polar surface area (TPSA) is 39.2 Å². The lowest BCUT2D eigenvalue weighted by Gasteiger charge is -2.09. The van der Waals surface area contributed by atoms with Crippen molar-refractivity contribution >= 4 is 43.9 Å². The zero-order valence-corrected chi connectivity index (χ0v) is 30.3. The summed E-state index contributed by atoms with van der Waals surface area (Å²) in [4.78, 5) is 4.63. The van der Waals surface area contributed by atoms with Crippen molar-refractivity contribution in [1.82, 2.24) is 4.98 Å². The van der Waals surface area contributed by atoms with Crippen molar-refractivity contribution in [3.63, 3.8) is 0 Å². The minimum absolute atomic E-state index is 0.915. The smallest absolute Gasteiger partial charge is 0.143 e. The molecule has 11 rings (SSSR count). The third-order valence-corrected chi connectivity index (χ3v) is 11.0. The molecule has 0 fully saturated rings. The van der Waals surface area contributed by atoms with Gasteiger partial charge in [0.2, 0.25) is 0 Å². The molecule has 262 valence electrons. The molecule has 0 saturated carbocycles. The molecule has 8 aromatic carbocycles. The second-order valence-electron chi connectivity index (χ2n) is 14.3. The van der Waals surface area contributed by atoms with E-state index in [1.165, 1.54) is 22.3 Å². The number of pyridine rings is 1. The van der Waals surface area contributed by atoms with Crippen LogP contribution in [0.25, 0.3) is 111 Å². The van der Waals surface area contributed by atoms with Crippen molar-refractivity contribution in [2.24, 2.45) is 0 Å². The van der Waals surface area contributed by atoms with Gasteiger partial charge in [-0.25, -0.2) is 0 Å². The normalized spacial score (nSPS) is 11.6. The van der Waals surface area contributed by atoms with Crippen LogP contribution in [0.1, 0.15) is 0 Å². The highest BCUT2D eigenvalue weighted by Gasteiger charge is 2.14. The molecular formula is C53H33NO2. The van der Waals surface area contributed by atoms with Crippen molar-refractivity contribution in [1.29, 1.82) is 0 Å². The van der Waals surface area contributed by atoms with Crippen LogP contribution in [-0.2, 0) is 0 Å². The summed E-state index contributed by atoms with van der Waals surface area (Å²) >= 11 is 0. The summed E-state index contributed by atoms with van der Waals surface area (Å²) < 4.78 is 12.6. The lowest BCUT2D eigenvalue weighted by Crippen LogP contribution is -1.86. The highest BCUT2D eigenvalue weighted by Crippen LogP contribution is 2.38. The first-order chi connectivity index (χ1) is 27.7. The van der Waals surface area contributed by atoms with E-state index in [2.05, 4.69) is 169 Å². The highest BCUT2D eigenvalue weighted by molar-refractivity contribution is 6.10. The maximum absolute atomic E-state index is 6.29. The fraction of sp³-hybridized carbons (Fsp3) is 0. The van der Waals surface area contributed by atoms with Gasteiger partial charge in [-0.3, -0.25) is 4.98 Å². The summed E-state index contributed by atoms with van der Waals surface area (Å²) in [5.74, 6) is 0. The van der Waals surface area contributed by atoms with Gasteiger partial charge in [-0.05, 0) is 62.7 Å². The lowest BCUT2D eigenvalue weighted by atomic mass is 9.96. The van der Waals surface area contributed by atoms with Crippen molar-refractivity contribution in [2.45, 2.75) is 0 Å².